The van der Waals surface area contributed by atoms with E-state index in [2.05, 4.69) is 10.2 Å². The van der Waals surface area contributed by atoms with Crippen LogP contribution in [0.25, 0.3) is 10.8 Å². The quantitative estimate of drug-likeness (QED) is 0.511. The zero-order chi connectivity index (χ0) is 13.1. The first-order valence-electron chi connectivity index (χ1n) is 6.08. The number of azo groups is 1. The number of hydrogen-bond donors (Lipinski definition) is 1. The summed E-state index contributed by atoms with van der Waals surface area (Å²) in [6.07, 6.45) is 0. The van der Waals surface area contributed by atoms with Gasteiger partial charge in [0.15, 0.2) is 0 Å². The average Bonchev–Trinajstić information content (AvgIpc) is 2.45. The molecule has 19 heavy (non-hydrogen) atoms. The highest BCUT2D eigenvalue weighted by Crippen LogP contribution is 2.30. The van der Waals surface area contributed by atoms with Crippen molar-refractivity contribution < 1.29 is 0 Å². The van der Waals surface area contributed by atoms with E-state index in [1.54, 1.807) is 0 Å². The van der Waals surface area contributed by atoms with Crippen molar-refractivity contribution in [2.45, 2.75) is 0 Å². The van der Waals surface area contributed by atoms with Gasteiger partial charge in [0.2, 0.25) is 0 Å². The standard InChI is InChI=1S/C16H13N3/c17-13-10-12-6-4-5-9-15(12)16(11-13)19-18-14-7-2-1-3-8-14/h1-11H,17H2. The SMILES string of the molecule is Nc1cc(N=Nc2ccccc2)c2ccccc2c1. The number of fused-ring (bicyclic) bond motifs is 1. The van der Waals surface area contributed by atoms with Crippen molar-refractivity contribution in [1.29, 1.82) is 0 Å². The molecule has 0 heterocycles. The fourth-order valence-corrected chi connectivity index (χ4v) is 2.00. The van der Waals surface area contributed by atoms with Crippen LogP contribution in [0.3, 0.4) is 0 Å². The molecule has 3 aromatic carbocycles. The van der Waals surface area contributed by atoms with Crippen molar-refractivity contribution in [2.24, 2.45) is 10.2 Å². The lowest BCUT2D eigenvalue weighted by Crippen LogP contribution is -1.84. The molecule has 0 aliphatic heterocycles. The van der Waals surface area contributed by atoms with Crippen LogP contribution in [0.5, 0.6) is 0 Å². The molecule has 0 radical (unpaired) electrons. The summed E-state index contributed by atoms with van der Waals surface area (Å²) in [5, 5.41) is 10.7. The number of anilines is 1. The van der Waals surface area contributed by atoms with Gasteiger partial charge >= 0.3 is 0 Å². The van der Waals surface area contributed by atoms with Crippen molar-refractivity contribution in [3.8, 4) is 0 Å². The van der Waals surface area contributed by atoms with E-state index in [0.717, 1.165) is 22.1 Å². The predicted octanol–water partition coefficient (Wildman–Crippen LogP) is 4.84. The Morgan fingerprint density at radius 2 is 1.47 bits per heavy atom. The molecule has 0 aromatic heterocycles. The van der Waals surface area contributed by atoms with Gasteiger partial charge in [0.25, 0.3) is 0 Å². The smallest absolute Gasteiger partial charge is 0.0955 e. The second kappa shape index (κ2) is 4.90. The monoisotopic (exact) mass is 247 g/mol. The van der Waals surface area contributed by atoms with Gasteiger partial charge in [-0.05, 0) is 29.7 Å². The van der Waals surface area contributed by atoms with Gasteiger partial charge in [-0.25, -0.2) is 0 Å². The van der Waals surface area contributed by atoms with E-state index >= 15 is 0 Å². The van der Waals surface area contributed by atoms with E-state index in [1.165, 1.54) is 0 Å². The van der Waals surface area contributed by atoms with E-state index in [1.807, 2.05) is 66.7 Å². The first-order chi connectivity index (χ1) is 9.33. The number of nitrogens with zero attached hydrogens (tertiary/aromatic N) is 2. The Labute approximate surface area is 111 Å². The van der Waals surface area contributed by atoms with Crippen molar-refractivity contribution in [1.82, 2.24) is 0 Å². The largest absolute Gasteiger partial charge is 0.399 e. The first-order valence-corrected chi connectivity index (χ1v) is 6.08. The van der Waals surface area contributed by atoms with Crippen molar-refractivity contribution in [3.63, 3.8) is 0 Å². The number of rotatable bonds is 2. The summed E-state index contributed by atoms with van der Waals surface area (Å²) in [7, 11) is 0. The van der Waals surface area contributed by atoms with Gasteiger partial charge in [-0.2, -0.15) is 5.11 Å². The molecule has 3 heteroatoms. The third-order valence-corrected chi connectivity index (χ3v) is 2.89. The highest BCUT2D eigenvalue weighted by molar-refractivity contribution is 5.95. The molecule has 0 atom stereocenters. The number of nitrogens with two attached hydrogens (primary N) is 1. The molecule has 0 amide bonds. The molecule has 3 nitrogen and oxygen atoms in total. The Bertz CT molecular complexity index is 733. The van der Waals surface area contributed by atoms with Gasteiger partial charge in [-0.15, -0.1) is 5.11 Å². The summed E-state index contributed by atoms with van der Waals surface area (Å²) < 4.78 is 0. The van der Waals surface area contributed by atoms with E-state index in [-0.39, 0.29) is 0 Å². The van der Waals surface area contributed by atoms with E-state index in [0.29, 0.717) is 5.69 Å². The lowest BCUT2D eigenvalue weighted by molar-refractivity contribution is 1.24. The van der Waals surface area contributed by atoms with Gasteiger partial charge in [-0.1, -0.05) is 42.5 Å². The number of benzene rings is 3. The van der Waals surface area contributed by atoms with E-state index in [9.17, 15) is 0 Å². The Morgan fingerprint density at radius 1 is 0.737 bits per heavy atom. The Hall–Kier alpha value is -2.68. The summed E-state index contributed by atoms with van der Waals surface area (Å²) in [5.41, 5.74) is 8.21. The van der Waals surface area contributed by atoms with E-state index in [4.69, 9.17) is 5.73 Å². The number of nitrogen functional groups attached to an aromatic ring is 1. The fourth-order valence-electron chi connectivity index (χ4n) is 2.00. The normalized spacial score (nSPS) is 11.2. The second-order valence-electron chi connectivity index (χ2n) is 4.30. The molecule has 3 aromatic rings. The zero-order valence-electron chi connectivity index (χ0n) is 10.3. The van der Waals surface area contributed by atoms with Crippen LogP contribution in [-0.4, -0.2) is 0 Å². The first kappa shape index (κ1) is 11.4. The molecule has 0 unspecified atom stereocenters. The maximum Gasteiger partial charge on any atom is 0.0955 e. The van der Waals surface area contributed by atoms with Crippen LogP contribution in [0.1, 0.15) is 0 Å². The highest BCUT2D eigenvalue weighted by Gasteiger charge is 2.01. The molecule has 0 aliphatic carbocycles. The molecule has 3 rings (SSSR count). The summed E-state index contributed by atoms with van der Waals surface area (Å²) >= 11 is 0. The fraction of sp³-hybridized carbons (Fsp3) is 0. The third kappa shape index (κ3) is 2.45. The Balaban J connectivity index is 2.08. The Kier molecular flexibility index (Phi) is 2.94. The Morgan fingerprint density at radius 3 is 2.32 bits per heavy atom. The molecule has 0 spiro atoms. The lowest BCUT2D eigenvalue weighted by atomic mass is 10.1. The van der Waals surface area contributed by atoms with Crippen LogP contribution in [0.4, 0.5) is 17.1 Å². The van der Waals surface area contributed by atoms with E-state index < -0.39 is 0 Å². The summed E-state index contributed by atoms with van der Waals surface area (Å²) in [4.78, 5) is 0. The molecule has 2 N–H and O–H groups in total. The summed E-state index contributed by atoms with van der Waals surface area (Å²) in [6.45, 7) is 0. The molecular formula is C16H13N3. The molecule has 0 aliphatic rings. The minimum atomic E-state index is 0.695. The molecule has 0 bridgehead atoms. The van der Waals surface area contributed by atoms with Gasteiger partial charge in [0, 0.05) is 11.1 Å². The topological polar surface area (TPSA) is 50.7 Å². The van der Waals surface area contributed by atoms with Gasteiger partial charge < -0.3 is 5.73 Å². The molecule has 0 saturated heterocycles. The van der Waals surface area contributed by atoms with Crippen LogP contribution in [0.2, 0.25) is 0 Å². The minimum Gasteiger partial charge on any atom is -0.399 e. The second-order valence-corrected chi connectivity index (χ2v) is 4.30. The highest BCUT2D eigenvalue weighted by atomic mass is 15.1. The third-order valence-electron chi connectivity index (χ3n) is 2.89. The van der Waals surface area contributed by atoms with Crippen molar-refractivity contribution in [3.05, 3.63) is 66.7 Å². The summed E-state index contributed by atoms with van der Waals surface area (Å²) in [5.74, 6) is 0. The molecule has 92 valence electrons. The van der Waals surface area contributed by atoms with Crippen LogP contribution in [-0.2, 0) is 0 Å². The van der Waals surface area contributed by atoms with Crippen LogP contribution in [0, 0.1) is 0 Å². The van der Waals surface area contributed by atoms with Crippen LogP contribution < -0.4 is 5.73 Å². The van der Waals surface area contributed by atoms with Crippen LogP contribution >= 0.6 is 0 Å². The van der Waals surface area contributed by atoms with Gasteiger partial charge in [-0.3, -0.25) is 0 Å². The minimum absolute atomic E-state index is 0.695. The average molecular weight is 247 g/mol. The molecule has 0 fully saturated rings. The summed E-state index contributed by atoms with van der Waals surface area (Å²) in [6, 6.07) is 21.5. The lowest BCUT2D eigenvalue weighted by Gasteiger charge is -2.03. The van der Waals surface area contributed by atoms with Gasteiger partial charge in [0.05, 0.1) is 11.4 Å². The maximum absolute atomic E-state index is 5.89. The van der Waals surface area contributed by atoms with Crippen LogP contribution in [0.15, 0.2) is 77.0 Å². The van der Waals surface area contributed by atoms with Crippen molar-refractivity contribution >= 4 is 27.8 Å². The zero-order valence-corrected chi connectivity index (χ0v) is 10.3. The van der Waals surface area contributed by atoms with Gasteiger partial charge in [0.1, 0.15) is 0 Å². The molecular weight excluding hydrogens is 234 g/mol. The molecule has 0 saturated carbocycles. The maximum atomic E-state index is 5.89. The van der Waals surface area contributed by atoms with Crippen molar-refractivity contribution in [2.75, 3.05) is 5.73 Å². The number of hydrogen-bond acceptors (Lipinski definition) is 3. The predicted molar refractivity (Wildman–Crippen MR) is 79.0 cm³/mol.